The summed E-state index contributed by atoms with van der Waals surface area (Å²) in [5, 5.41) is 3.03. The molecule has 0 radical (unpaired) electrons. The van der Waals surface area contributed by atoms with Crippen molar-refractivity contribution in [1.29, 1.82) is 0 Å². The van der Waals surface area contributed by atoms with E-state index in [4.69, 9.17) is 9.47 Å². The number of nitrogens with one attached hydrogen (secondary N) is 1. The molecule has 2 aromatic carbocycles. The number of rotatable bonds is 7. The summed E-state index contributed by atoms with van der Waals surface area (Å²) in [6.07, 6.45) is 4.16. The highest BCUT2D eigenvalue weighted by Gasteiger charge is 2.14. The van der Waals surface area contributed by atoms with E-state index in [1.165, 1.54) is 5.56 Å². The fourth-order valence-electron chi connectivity index (χ4n) is 2.56. The minimum absolute atomic E-state index is 0.0880. The number of benzene rings is 2. The monoisotopic (exact) mass is 339 g/mol. The predicted octanol–water partition coefficient (Wildman–Crippen LogP) is 4.29. The van der Waals surface area contributed by atoms with E-state index in [0.717, 1.165) is 17.5 Å². The standard InChI is InChI=1S/C21H25NO3/c1-5-18(17-11-12-19(24-3)20(14-17)25-4)22-21(23)13-10-16-8-6-15(2)7-9-16/h6-14,18H,5H2,1-4H3,(H,22,23)/b13-10+/t18-/m1/s1. The van der Waals surface area contributed by atoms with Crippen LogP contribution in [0, 0.1) is 6.92 Å². The first-order chi connectivity index (χ1) is 12.1. The van der Waals surface area contributed by atoms with Crippen molar-refractivity contribution in [1.82, 2.24) is 5.32 Å². The molecule has 1 N–H and O–H groups in total. The molecule has 4 heteroatoms. The van der Waals surface area contributed by atoms with Gasteiger partial charge in [-0.1, -0.05) is 42.8 Å². The summed E-state index contributed by atoms with van der Waals surface area (Å²) in [5.74, 6) is 1.21. The Kier molecular flexibility index (Phi) is 6.63. The van der Waals surface area contributed by atoms with Crippen LogP contribution in [0.1, 0.15) is 36.1 Å². The molecular formula is C21H25NO3. The third-order valence-electron chi connectivity index (χ3n) is 4.04. The van der Waals surface area contributed by atoms with Crippen molar-refractivity contribution in [2.45, 2.75) is 26.3 Å². The molecule has 0 aliphatic carbocycles. The van der Waals surface area contributed by atoms with E-state index in [-0.39, 0.29) is 11.9 Å². The Morgan fingerprint density at radius 1 is 1.08 bits per heavy atom. The molecule has 0 aliphatic rings. The SMILES string of the molecule is CC[C@@H](NC(=O)/C=C/c1ccc(C)cc1)c1ccc(OC)c(OC)c1. The van der Waals surface area contributed by atoms with Crippen molar-refractivity contribution in [3.05, 3.63) is 65.2 Å². The highest BCUT2D eigenvalue weighted by molar-refractivity contribution is 5.92. The summed E-state index contributed by atoms with van der Waals surface area (Å²) in [5.41, 5.74) is 3.18. The first kappa shape index (κ1) is 18.6. The van der Waals surface area contributed by atoms with Gasteiger partial charge in [-0.2, -0.15) is 0 Å². The molecule has 0 saturated heterocycles. The maximum atomic E-state index is 12.2. The second-order valence-corrected chi connectivity index (χ2v) is 5.83. The van der Waals surface area contributed by atoms with Gasteiger partial charge in [0.05, 0.1) is 20.3 Å². The number of ether oxygens (including phenoxy) is 2. The molecule has 0 heterocycles. The van der Waals surface area contributed by atoms with Gasteiger partial charge in [0.2, 0.25) is 5.91 Å². The minimum atomic E-state index is -0.123. The van der Waals surface area contributed by atoms with Crippen molar-refractivity contribution in [2.75, 3.05) is 14.2 Å². The zero-order chi connectivity index (χ0) is 18.2. The lowest BCUT2D eigenvalue weighted by molar-refractivity contribution is -0.117. The first-order valence-electron chi connectivity index (χ1n) is 8.34. The van der Waals surface area contributed by atoms with Crippen LogP contribution < -0.4 is 14.8 Å². The predicted molar refractivity (Wildman–Crippen MR) is 101 cm³/mol. The molecule has 0 unspecified atom stereocenters. The first-order valence-corrected chi connectivity index (χ1v) is 8.34. The van der Waals surface area contributed by atoms with Crippen LogP contribution in [0.4, 0.5) is 0 Å². The van der Waals surface area contributed by atoms with Gasteiger partial charge in [0, 0.05) is 6.08 Å². The number of carbonyl (C=O) groups is 1. The Labute approximate surface area is 149 Å². The van der Waals surface area contributed by atoms with Crippen LogP contribution in [0.25, 0.3) is 6.08 Å². The van der Waals surface area contributed by atoms with E-state index in [9.17, 15) is 4.79 Å². The number of hydrogen-bond donors (Lipinski definition) is 1. The van der Waals surface area contributed by atoms with Crippen LogP contribution in [0.2, 0.25) is 0 Å². The third-order valence-corrected chi connectivity index (χ3v) is 4.04. The number of amides is 1. The minimum Gasteiger partial charge on any atom is -0.493 e. The maximum Gasteiger partial charge on any atom is 0.244 e. The largest absolute Gasteiger partial charge is 0.493 e. The molecule has 0 fully saturated rings. The molecule has 0 spiro atoms. The van der Waals surface area contributed by atoms with Gasteiger partial charge < -0.3 is 14.8 Å². The topological polar surface area (TPSA) is 47.6 Å². The zero-order valence-electron chi connectivity index (χ0n) is 15.2. The lowest BCUT2D eigenvalue weighted by Gasteiger charge is -2.18. The van der Waals surface area contributed by atoms with Crippen molar-refractivity contribution in [3.63, 3.8) is 0 Å². The summed E-state index contributed by atoms with van der Waals surface area (Å²) in [4.78, 5) is 12.2. The molecule has 0 bridgehead atoms. The Balaban J connectivity index is 2.08. The number of aryl methyl sites for hydroxylation is 1. The van der Waals surface area contributed by atoms with Crippen LogP contribution >= 0.6 is 0 Å². The van der Waals surface area contributed by atoms with Crippen molar-refractivity contribution in [2.24, 2.45) is 0 Å². The summed E-state index contributed by atoms with van der Waals surface area (Å²) < 4.78 is 10.6. The second-order valence-electron chi connectivity index (χ2n) is 5.83. The van der Waals surface area contributed by atoms with Crippen LogP contribution in [0.5, 0.6) is 11.5 Å². The lowest BCUT2D eigenvalue weighted by Crippen LogP contribution is -2.26. The number of hydrogen-bond acceptors (Lipinski definition) is 3. The normalized spacial score (nSPS) is 12.0. The van der Waals surface area contributed by atoms with Crippen LogP contribution in [0.3, 0.4) is 0 Å². The lowest BCUT2D eigenvalue weighted by atomic mass is 10.0. The Bertz CT molecular complexity index is 735. The average Bonchev–Trinajstić information content (AvgIpc) is 2.65. The fraction of sp³-hybridized carbons (Fsp3) is 0.286. The number of carbonyl (C=O) groups excluding carboxylic acids is 1. The van der Waals surface area contributed by atoms with E-state index < -0.39 is 0 Å². The van der Waals surface area contributed by atoms with E-state index in [1.54, 1.807) is 20.3 Å². The van der Waals surface area contributed by atoms with Gasteiger partial charge in [-0.3, -0.25) is 4.79 Å². The van der Waals surface area contributed by atoms with Crippen LogP contribution in [-0.4, -0.2) is 20.1 Å². The molecule has 2 rings (SSSR count). The molecule has 132 valence electrons. The molecule has 4 nitrogen and oxygen atoms in total. The van der Waals surface area contributed by atoms with Gasteiger partial charge in [-0.15, -0.1) is 0 Å². The molecule has 25 heavy (non-hydrogen) atoms. The molecule has 1 amide bonds. The van der Waals surface area contributed by atoms with E-state index in [2.05, 4.69) is 5.32 Å². The van der Waals surface area contributed by atoms with Crippen LogP contribution in [-0.2, 0) is 4.79 Å². The molecule has 0 aliphatic heterocycles. The summed E-state index contributed by atoms with van der Waals surface area (Å²) in [6.45, 7) is 4.07. The summed E-state index contributed by atoms with van der Waals surface area (Å²) in [7, 11) is 3.21. The molecule has 0 aromatic heterocycles. The van der Waals surface area contributed by atoms with Crippen LogP contribution in [0.15, 0.2) is 48.5 Å². The van der Waals surface area contributed by atoms with Crippen molar-refractivity contribution < 1.29 is 14.3 Å². The molecule has 1 atom stereocenters. The van der Waals surface area contributed by atoms with E-state index >= 15 is 0 Å². The summed E-state index contributed by atoms with van der Waals surface area (Å²) in [6, 6.07) is 13.6. The van der Waals surface area contributed by atoms with E-state index in [1.807, 2.05) is 62.4 Å². The molecule has 0 saturated carbocycles. The maximum absolute atomic E-state index is 12.2. The van der Waals surface area contributed by atoms with Gasteiger partial charge in [-0.05, 0) is 42.7 Å². The Hall–Kier alpha value is -2.75. The van der Waals surface area contributed by atoms with Gasteiger partial charge in [0.1, 0.15) is 0 Å². The van der Waals surface area contributed by atoms with Gasteiger partial charge in [0.25, 0.3) is 0 Å². The third kappa shape index (κ3) is 5.11. The Morgan fingerprint density at radius 3 is 2.36 bits per heavy atom. The Morgan fingerprint density at radius 2 is 1.76 bits per heavy atom. The zero-order valence-corrected chi connectivity index (χ0v) is 15.2. The van der Waals surface area contributed by atoms with Gasteiger partial charge in [-0.25, -0.2) is 0 Å². The molecular weight excluding hydrogens is 314 g/mol. The van der Waals surface area contributed by atoms with Crippen molar-refractivity contribution in [3.8, 4) is 11.5 Å². The van der Waals surface area contributed by atoms with Crippen molar-refractivity contribution >= 4 is 12.0 Å². The summed E-state index contributed by atoms with van der Waals surface area (Å²) >= 11 is 0. The highest BCUT2D eigenvalue weighted by atomic mass is 16.5. The van der Waals surface area contributed by atoms with Gasteiger partial charge >= 0.3 is 0 Å². The number of methoxy groups -OCH3 is 2. The smallest absolute Gasteiger partial charge is 0.244 e. The quantitative estimate of drug-likeness (QED) is 0.765. The highest BCUT2D eigenvalue weighted by Crippen LogP contribution is 2.30. The fourth-order valence-corrected chi connectivity index (χ4v) is 2.56. The average molecular weight is 339 g/mol. The second kappa shape index (κ2) is 8.92. The van der Waals surface area contributed by atoms with E-state index in [0.29, 0.717) is 11.5 Å². The molecule has 2 aromatic rings. The van der Waals surface area contributed by atoms with Gasteiger partial charge in [0.15, 0.2) is 11.5 Å².